The second-order valence-electron chi connectivity index (χ2n) is 8.65. The van der Waals surface area contributed by atoms with E-state index < -0.39 is 43.1 Å². The summed E-state index contributed by atoms with van der Waals surface area (Å²) in [5, 5.41) is 17.9. The third-order valence-electron chi connectivity index (χ3n) is 5.45. The van der Waals surface area contributed by atoms with E-state index in [1.807, 2.05) is 0 Å². The molecular weight excluding hydrogens is 412 g/mol. The normalized spacial score (nSPS) is 12.9. The summed E-state index contributed by atoms with van der Waals surface area (Å²) in [6.45, 7) is 2.35. The van der Waals surface area contributed by atoms with Gasteiger partial charge in [0.2, 0.25) is 0 Å². The standard InChI is InChI=1S/C25H46O7/c1-3-4-5-6-7-8-9-10-11-12-13-14-15-16-17-18-23(29)32-24(21(2)27)25(30)31-20-22(28)19-26/h22,24,26,28H,3-20H2,1-2H3. The van der Waals surface area contributed by atoms with Gasteiger partial charge in [0.15, 0.2) is 5.78 Å². The van der Waals surface area contributed by atoms with Crippen LogP contribution in [0.1, 0.15) is 117 Å². The second-order valence-corrected chi connectivity index (χ2v) is 8.65. The first kappa shape index (κ1) is 30.5. The van der Waals surface area contributed by atoms with E-state index >= 15 is 0 Å². The van der Waals surface area contributed by atoms with E-state index in [9.17, 15) is 19.5 Å². The maximum Gasteiger partial charge on any atom is 0.355 e. The van der Waals surface area contributed by atoms with Gasteiger partial charge >= 0.3 is 11.9 Å². The monoisotopic (exact) mass is 458 g/mol. The molecule has 0 aliphatic rings. The van der Waals surface area contributed by atoms with Crippen LogP contribution in [0.2, 0.25) is 0 Å². The molecule has 0 saturated heterocycles. The minimum absolute atomic E-state index is 0.147. The van der Waals surface area contributed by atoms with Crippen LogP contribution in [0.5, 0.6) is 0 Å². The molecule has 0 aliphatic heterocycles. The predicted octanol–water partition coefficient (Wildman–Crippen LogP) is 4.65. The lowest BCUT2D eigenvalue weighted by Gasteiger charge is -2.15. The van der Waals surface area contributed by atoms with Crippen LogP contribution in [0.25, 0.3) is 0 Å². The molecule has 0 radical (unpaired) electrons. The average Bonchev–Trinajstić information content (AvgIpc) is 2.77. The number of Topliss-reactive ketones (excluding diaryl/α,β-unsaturated/α-hetero) is 1. The molecule has 0 aromatic heterocycles. The van der Waals surface area contributed by atoms with Gasteiger partial charge in [0.25, 0.3) is 6.10 Å². The number of esters is 2. The SMILES string of the molecule is CCCCCCCCCCCCCCCCCC(=O)OC(C(C)=O)C(=O)OCC(O)CO. The number of hydrogen-bond donors (Lipinski definition) is 2. The van der Waals surface area contributed by atoms with E-state index in [-0.39, 0.29) is 6.42 Å². The molecule has 0 spiro atoms. The molecule has 0 rings (SSSR count). The van der Waals surface area contributed by atoms with Crippen LogP contribution in [-0.4, -0.2) is 53.4 Å². The number of carbonyl (C=O) groups is 3. The summed E-state index contributed by atoms with van der Waals surface area (Å²) in [6.07, 6.45) is 15.7. The van der Waals surface area contributed by atoms with Crippen molar-refractivity contribution in [2.75, 3.05) is 13.2 Å². The summed E-state index contributed by atoms with van der Waals surface area (Å²) in [7, 11) is 0. The van der Waals surface area contributed by atoms with Gasteiger partial charge in [0, 0.05) is 6.42 Å². The van der Waals surface area contributed by atoms with Crippen molar-refractivity contribution >= 4 is 17.7 Å². The largest absolute Gasteiger partial charge is 0.460 e. The number of aliphatic hydroxyl groups is 2. The molecule has 0 saturated carbocycles. The van der Waals surface area contributed by atoms with Gasteiger partial charge in [-0.3, -0.25) is 9.59 Å². The zero-order chi connectivity index (χ0) is 24.0. The zero-order valence-electron chi connectivity index (χ0n) is 20.3. The minimum Gasteiger partial charge on any atom is -0.460 e. The van der Waals surface area contributed by atoms with Crippen molar-refractivity contribution in [2.24, 2.45) is 0 Å². The molecule has 0 aromatic carbocycles. The number of carbonyl (C=O) groups excluding carboxylic acids is 3. The summed E-state index contributed by atoms with van der Waals surface area (Å²) in [5.41, 5.74) is 0. The molecule has 32 heavy (non-hydrogen) atoms. The molecule has 0 amide bonds. The van der Waals surface area contributed by atoms with E-state index in [0.29, 0.717) is 6.42 Å². The third-order valence-corrected chi connectivity index (χ3v) is 5.45. The highest BCUT2D eigenvalue weighted by Gasteiger charge is 2.29. The lowest BCUT2D eigenvalue weighted by atomic mass is 10.0. The van der Waals surface area contributed by atoms with E-state index in [4.69, 9.17) is 14.6 Å². The third kappa shape index (κ3) is 18.1. The Morgan fingerprint density at radius 2 is 1.19 bits per heavy atom. The summed E-state index contributed by atoms with van der Waals surface area (Å²) in [5.74, 6) is -2.28. The number of unbranched alkanes of at least 4 members (excludes halogenated alkanes) is 14. The molecule has 0 fully saturated rings. The average molecular weight is 459 g/mol. The van der Waals surface area contributed by atoms with Crippen LogP contribution in [-0.2, 0) is 23.9 Å². The fraction of sp³-hybridized carbons (Fsp3) is 0.880. The van der Waals surface area contributed by atoms with Crippen molar-refractivity contribution in [1.82, 2.24) is 0 Å². The highest BCUT2D eigenvalue weighted by atomic mass is 16.6. The number of ether oxygens (including phenoxy) is 2. The Hall–Kier alpha value is -1.47. The Bertz CT molecular complexity index is 493. The maximum atomic E-state index is 11.9. The van der Waals surface area contributed by atoms with Crippen LogP contribution < -0.4 is 0 Å². The molecule has 0 aliphatic carbocycles. The maximum absolute atomic E-state index is 11.9. The molecule has 7 nitrogen and oxygen atoms in total. The Morgan fingerprint density at radius 1 is 0.750 bits per heavy atom. The van der Waals surface area contributed by atoms with Gasteiger partial charge in [0.1, 0.15) is 12.7 Å². The zero-order valence-corrected chi connectivity index (χ0v) is 20.3. The quantitative estimate of drug-likeness (QED) is 0.138. The van der Waals surface area contributed by atoms with Crippen molar-refractivity contribution in [3.8, 4) is 0 Å². The summed E-state index contributed by atoms with van der Waals surface area (Å²) >= 11 is 0. The van der Waals surface area contributed by atoms with E-state index in [1.54, 1.807) is 0 Å². The number of aliphatic hydroxyl groups excluding tert-OH is 2. The van der Waals surface area contributed by atoms with Gasteiger partial charge < -0.3 is 19.7 Å². The van der Waals surface area contributed by atoms with Crippen LogP contribution in [0, 0.1) is 0 Å². The van der Waals surface area contributed by atoms with Gasteiger partial charge in [-0.1, -0.05) is 96.8 Å². The summed E-state index contributed by atoms with van der Waals surface area (Å²) in [4.78, 5) is 35.3. The minimum atomic E-state index is -1.62. The predicted molar refractivity (Wildman–Crippen MR) is 124 cm³/mol. The van der Waals surface area contributed by atoms with Gasteiger partial charge in [-0.15, -0.1) is 0 Å². The second kappa shape index (κ2) is 21.4. The number of hydrogen-bond acceptors (Lipinski definition) is 7. The first-order valence-electron chi connectivity index (χ1n) is 12.6. The molecular formula is C25H46O7. The number of ketones is 1. The van der Waals surface area contributed by atoms with Gasteiger partial charge in [-0.25, -0.2) is 4.79 Å². The van der Waals surface area contributed by atoms with E-state index in [0.717, 1.165) is 26.2 Å². The van der Waals surface area contributed by atoms with Gasteiger partial charge in [-0.05, 0) is 13.3 Å². The van der Waals surface area contributed by atoms with Crippen LogP contribution in [0.3, 0.4) is 0 Å². The van der Waals surface area contributed by atoms with Crippen molar-refractivity contribution < 1.29 is 34.1 Å². The summed E-state index contributed by atoms with van der Waals surface area (Å²) in [6, 6.07) is 0. The molecule has 7 heteroatoms. The molecule has 2 N–H and O–H groups in total. The molecule has 0 bridgehead atoms. The lowest BCUT2D eigenvalue weighted by Crippen LogP contribution is -2.36. The Kier molecular flexibility index (Phi) is 20.4. The molecule has 0 heterocycles. The highest BCUT2D eigenvalue weighted by molar-refractivity contribution is 6.02. The molecule has 188 valence electrons. The van der Waals surface area contributed by atoms with E-state index in [1.165, 1.54) is 70.6 Å². The first-order valence-corrected chi connectivity index (χ1v) is 12.6. The van der Waals surface area contributed by atoms with Crippen molar-refractivity contribution in [3.05, 3.63) is 0 Å². The topological polar surface area (TPSA) is 110 Å². The molecule has 0 aromatic rings. The van der Waals surface area contributed by atoms with Gasteiger partial charge in [0.05, 0.1) is 6.61 Å². The van der Waals surface area contributed by atoms with Crippen molar-refractivity contribution in [2.45, 2.75) is 129 Å². The van der Waals surface area contributed by atoms with E-state index in [2.05, 4.69) is 6.92 Å². The van der Waals surface area contributed by atoms with Crippen LogP contribution >= 0.6 is 0 Å². The Balaban J connectivity index is 3.67. The van der Waals surface area contributed by atoms with Crippen LogP contribution in [0.4, 0.5) is 0 Å². The molecule has 2 unspecified atom stereocenters. The van der Waals surface area contributed by atoms with Crippen molar-refractivity contribution in [3.63, 3.8) is 0 Å². The van der Waals surface area contributed by atoms with Gasteiger partial charge in [-0.2, -0.15) is 0 Å². The van der Waals surface area contributed by atoms with Crippen molar-refractivity contribution in [1.29, 1.82) is 0 Å². The Labute approximate surface area is 194 Å². The fourth-order valence-electron chi connectivity index (χ4n) is 3.43. The smallest absolute Gasteiger partial charge is 0.355 e. The number of rotatable bonds is 22. The first-order chi connectivity index (χ1) is 15.4. The fourth-order valence-corrected chi connectivity index (χ4v) is 3.43. The Morgan fingerprint density at radius 3 is 1.59 bits per heavy atom. The lowest BCUT2D eigenvalue weighted by molar-refractivity contribution is -0.172. The highest BCUT2D eigenvalue weighted by Crippen LogP contribution is 2.14. The van der Waals surface area contributed by atoms with Crippen LogP contribution in [0.15, 0.2) is 0 Å². The molecule has 2 atom stereocenters. The summed E-state index contributed by atoms with van der Waals surface area (Å²) < 4.78 is 9.65.